The Labute approximate surface area is 49.0 Å². The second-order valence-corrected chi connectivity index (χ2v) is 1.52. The van der Waals surface area contributed by atoms with Crippen LogP contribution < -0.4 is 0 Å². The zero-order valence-corrected chi connectivity index (χ0v) is 5.12. The highest BCUT2D eigenvalue weighted by molar-refractivity contribution is 7.80. The van der Waals surface area contributed by atoms with E-state index in [9.17, 15) is 0 Å². The van der Waals surface area contributed by atoms with Gasteiger partial charge in [0.1, 0.15) is 0 Å². The van der Waals surface area contributed by atoms with Crippen LogP contribution in [-0.2, 0) is 4.74 Å². The Morgan fingerprint density at radius 1 is 2.00 bits per heavy atom. The van der Waals surface area contributed by atoms with Gasteiger partial charge in [0.2, 0.25) is 0 Å². The van der Waals surface area contributed by atoms with Crippen molar-refractivity contribution in [1.82, 2.24) is 0 Å². The molecule has 0 aromatic heterocycles. The van der Waals surface area contributed by atoms with Crippen LogP contribution in [0.5, 0.6) is 0 Å². The standard InChI is InChI=1S/C5H8OS/c1-3-4-5(7)6-2/h3H,1,4H2,2H3. The van der Waals surface area contributed by atoms with Crippen LogP contribution in [0.15, 0.2) is 12.7 Å². The highest BCUT2D eigenvalue weighted by atomic mass is 32.1. The molecule has 0 atom stereocenters. The highest BCUT2D eigenvalue weighted by Crippen LogP contribution is 1.85. The second kappa shape index (κ2) is 3.81. The molecule has 2 heteroatoms. The molecule has 0 fully saturated rings. The molecule has 0 aromatic rings. The Bertz CT molecular complexity index is 78.1. The summed E-state index contributed by atoms with van der Waals surface area (Å²) in [5.41, 5.74) is 0. The second-order valence-electron chi connectivity index (χ2n) is 1.07. The van der Waals surface area contributed by atoms with E-state index in [2.05, 4.69) is 23.5 Å². The van der Waals surface area contributed by atoms with Gasteiger partial charge in [0, 0.05) is 6.42 Å². The Hall–Kier alpha value is -0.370. The van der Waals surface area contributed by atoms with Crippen molar-refractivity contribution in [3.8, 4) is 0 Å². The van der Waals surface area contributed by atoms with Crippen molar-refractivity contribution in [3.05, 3.63) is 12.7 Å². The quantitative estimate of drug-likeness (QED) is 0.400. The Balaban J connectivity index is 3.17. The average Bonchev–Trinajstić information content (AvgIpc) is 1.68. The van der Waals surface area contributed by atoms with Gasteiger partial charge in [-0.15, -0.1) is 6.58 Å². The zero-order chi connectivity index (χ0) is 5.70. The van der Waals surface area contributed by atoms with Gasteiger partial charge in [0.25, 0.3) is 0 Å². The summed E-state index contributed by atoms with van der Waals surface area (Å²) in [7, 11) is 1.56. The number of methoxy groups -OCH3 is 1. The highest BCUT2D eigenvalue weighted by Gasteiger charge is 1.84. The van der Waals surface area contributed by atoms with Gasteiger partial charge in [-0.2, -0.15) is 0 Å². The first-order valence-corrected chi connectivity index (χ1v) is 2.39. The molecule has 1 nitrogen and oxygen atoms in total. The summed E-state index contributed by atoms with van der Waals surface area (Å²) in [5, 5.41) is 0.593. The molecule has 0 spiro atoms. The molecule has 0 unspecified atom stereocenters. The van der Waals surface area contributed by atoms with E-state index in [1.54, 1.807) is 13.2 Å². The first-order valence-electron chi connectivity index (χ1n) is 1.99. The van der Waals surface area contributed by atoms with Gasteiger partial charge in [0.15, 0.2) is 5.05 Å². The van der Waals surface area contributed by atoms with E-state index in [0.29, 0.717) is 11.5 Å². The molecular weight excluding hydrogens is 108 g/mol. The molecule has 0 amide bonds. The van der Waals surface area contributed by atoms with Crippen LogP contribution in [0, 0.1) is 0 Å². The van der Waals surface area contributed by atoms with Gasteiger partial charge in [-0.25, -0.2) is 0 Å². The van der Waals surface area contributed by atoms with Gasteiger partial charge in [-0.05, 0) is 12.2 Å². The average molecular weight is 116 g/mol. The Morgan fingerprint density at radius 2 is 2.57 bits per heavy atom. The minimum Gasteiger partial charge on any atom is -0.490 e. The van der Waals surface area contributed by atoms with E-state index in [-0.39, 0.29) is 0 Å². The van der Waals surface area contributed by atoms with Crippen LogP contribution in [-0.4, -0.2) is 12.2 Å². The van der Waals surface area contributed by atoms with Gasteiger partial charge in [-0.3, -0.25) is 0 Å². The van der Waals surface area contributed by atoms with Crippen molar-refractivity contribution < 1.29 is 4.74 Å². The fourth-order valence-electron chi connectivity index (χ4n) is 0.201. The molecule has 40 valence electrons. The van der Waals surface area contributed by atoms with Crippen molar-refractivity contribution >= 4 is 17.3 Å². The van der Waals surface area contributed by atoms with Gasteiger partial charge >= 0.3 is 0 Å². The zero-order valence-electron chi connectivity index (χ0n) is 4.31. The fourth-order valence-corrected chi connectivity index (χ4v) is 0.319. The molecule has 0 saturated carbocycles. The minimum atomic E-state index is 0.593. The molecule has 0 N–H and O–H groups in total. The molecular formula is C5H8OS. The minimum absolute atomic E-state index is 0.593. The van der Waals surface area contributed by atoms with Gasteiger partial charge in [-0.1, -0.05) is 6.08 Å². The molecule has 0 aliphatic carbocycles. The molecule has 0 aliphatic heterocycles. The maximum atomic E-state index is 4.66. The third-order valence-corrected chi connectivity index (χ3v) is 0.872. The van der Waals surface area contributed by atoms with E-state index in [1.165, 1.54) is 0 Å². The maximum absolute atomic E-state index is 4.66. The fraction of sp³-hybridized carbons (Fsp3) is 0.400. The molecule has 0 aliphatic rings. The van der Waals surface area contributed by atoms with E-state index in [4.69, 9.17) is 0 Å². The van der Waals surface area contributed by atoms with Gasteiger partial charge in [0.05, 0.1) is 7.11 Å². The topological polar surface area (TPSA) is 9.23 Å². The summed E-state index contributed by atoms with van der Waals surface area (Å²) in [4.78, 5) is 0. The van der Waals surface area contributed by atoms with Crippen LogP contribution in [0.1, 0.15) is 6.42 Å². The predicted molar refractivity (Wildman–Crippen MR) is 34.4 cm³/mol. The van der Waals surface area contributed by atoms with Crippen molar-refractivity contribution in [2.24, 2.45) is 0 Å². The lowest BCUT2D eigenvalue weighted by atomic mass is 10.5. The summed E-state index contributed by atoms with van der Waals surface area (Å²) >= 11 is 4.66. The Morgan fingerprint density at radius 3 is 2.71 bits per heavy atom. The van der Waals surface area contributed by atoms with Crippen LogP contribution in [0.2, 0.25) is 0 Å². The molecule has 0 rings (SSSR count). The molecule has 0 aromatic carbocycles. The summed E-state index contributed by atoms with van der Waals surface area (Å²) in [6.45, 7) is 3.48. The normalized spacial score (nSPS) is 7.57. The predicted octanol–water partition coefficient (Wildman–Crippen LogP) is 1.54. The van der Waals surface area contributed by atoms with Crippen molar-refractivity contribution in [3.63, 3.8) is 0 Å². The van der Waals surface area contributed by atoms with Crippen molar-refractivity contribution in [2.75, 3.05) is 7.11 Å². The lowest BCUT2D eigenvalue weighted by Gasteiger charge is -1.93. The van der Waals surface area contributed by atoms with Gasteiger partial charge < -0.3 is 4.74 Å². The lowest BCUT2D eigenvalue weighted by molar-refractivity contribution is 0.407. The largest absolute Gasteiger partial charge is 0.490 e. The summed E-state index contributed by atoms with van der Waals surface area (Å²) in [6, 6.07) is 0. The first-order chi connectivity index (χ1) is 3.31. The third kappa shape index (κ3) is 3.46. The van der Waals surface area contributed by atoms with Crippen LogP contribution >= 0.6 is 12.2 Å². The number of rotatable bonds is 2. The van der Waals surface area contributed by atoms with E-state index in [0.717, 1.165) is 0 Å². The maximum Gasteiger partial charge on any atom is 0.162 e. The molecule has 0 radical (unpaired) electrons. The molecule has 0 bridgehead atoms. The van der Waals surface area contributed by atoms with Crippen LogP contribution in [0.4, 0.5) is 0 Å². The third-order valence-electron chi connectivity index (χ3n) is 0.539. The number of hydrogen-bond donors (Lipinski definition) is 0. The Kier molecular flexibility index (Phi) is 3.61. The van der Waals surface area contributed by atoms with E-state index < -0.39 is 0 Å². The lowest BCUT2D eigenvalue weighted by Crippen LogP contribution is -1.92. The molecule has 0 heterocycles. The number of ether oxygens (including phenoxy) is 1. The SMILES string of the molecule is C=CCC(=S)OC. The van der Waals surface area contributed by atoms with Crippen LogP contribution in [0.25, 0.3) is 0 Å². The van der Waals surface area contributed by atoms with Crippen LogP contribution in [0.3, 0.4) is 0 Å². The summed E-state index contributed by atoms with van der Waals surface area (Å²) < 4.78 is 4.65. The van der Waals surface area contributed by atoms with Crippen molar-refractivity contribution in [1.29, 1.82) is 0 Å². The summed E-state index contributed by atoms with van der Waals surface area (Å²) in [6.07, 6.45) is 2.39. The van der Waals surface area contributed by atoms with E-state index >= 15 is 0 Å². The molecule has 0 saturated heterocycles. The molecule has 7 heavy (non-hydrogen) atoms. The number of thiocarbonyl (C=S) groups is 1. The van der Waals surface area contributed by atoms with Crippen molar-refractivity contribution in [2.45, 2.75) is 6.42 Å². The smallest absolute Gasteiger partial charge is 0.162 e. The first kappa shape index (κ1) is 6.63. The number of hydrogen-bond acceptors (Lipinski definition) is 2. The monoisotopic (exact) mass is 116 g/mol. The summed E-state index contributed by atoms with van der Waals surface area (Å²) in [5.74, 6) is 0. The van der Waals surface area contributed by atoms with E-state index in [1.807, 2.05) is 0 Å².